The van der Waals surface area contributed by atoms with Crippen LogP contribution in [0.4, 0.5) is 0 Å². The Hall–Kier alpha value is -1.56. The molecule has 0 aliphatic heterocycles. The standard InChI is InChI=1S/C13H17NO4S/c1-13(2,3)18-11(15)8-19-7-10-5-4-9(6-14-10)12(16)17/h4-6H,7-8H2,1-3H3,(H,16,17). The Balaban J connectivity index is 2.37. The predicted octanol–water partition coefficient (Wildman–Crippen LogP) is 2.35. The molecule has 0 aliphatic rings. The van der Waals surface area contributed by atoms with Crippen LogP contribution in [0.1, 0.15) is 36.8 Å². The number of pyridine rings is 1. The molecule has 6 heteroatoms. The number of carbonyl (C=O) groups is 2. The van der Waals surface area contributed by atoms with Crippen molar-refractivity contribution < 1.29 is 19.4 Å². The van der Waals surface area contributed by atoms with Crippen LogP contribution >= 0.6 is 11.8 Å². The highest BCUT2D eigenvalue weighted by atomic mass is 32.2. The molecule has 1 aromatic heterocycles. The summed E-state index contributed by atoms with van der Waals surface area (Å²) < 4.78 is 5.17. The van der Waals surface area contributed by atoms with Crippen molar-refractivity contribution in [2.75, 3.05) is 5.75 Å². The molecule has 0 atom stereocenters. The van der Waals surface area contributed by atoms with Gasteiger partial charge < -0.3 is 9.84 Å². The van der Waals surface area contributed by atoms with E-state index in [0.29, 0.717) is 5.75 Å². The largest absolute Gasteiger partial charge is 0.478 e. The Labute approximate surface area is 116 Å². The van der Waals surface area contributed by atoms with E-state index in [1.54, 1.807) is 6.07 Å². The van der Waals surface area contributed by atoms with Crippen molar-refractivity contribution in [3.05, 3.63) is 29.6 Å². The number of carboxylic acid groups (broad SMARTS) is 1. The van der Waals surface area contributed by atoms with E-state index in [0.717, 1.165) is 5.69 Å². The summed E-state index contributed by atoms with van der Waals surface area (Å²) in [6.45, 7) is 5.46. The minimum atomic E-state index is -1.000. The van der Waals surface area contributed by atoms with Gasteiger partial charge in [-0.05, 0) is 32.9 Å². The average molecular weight is 283 g/mol. The molecule has 0 radical (unpaired) electrons. The molecule has 0 fully saturated rings. The summed E-state index contributed by atoms with van der Waals surface area (Å²) in [7, 11) is 0. The Bertz CT molecular complexity index is 451. The minimum Gasteiger partial charge on any atom is -0.478 e. The summed E-state index contributed by atoms with van der Waals surface area (Å²) in [4.78, 5) is 26.1. The maximum absolute atomic E-state index is 11.5. The van der Waals surface area contributed by atoms with Gasteiger partial charge in [-0.3, -0.25) is 9.78 Å². The van der Waals surface area contributed by atoms with E-state index in [2.05, 4.69) is 4.98 Å². The van der Waals surface area contributed by atoms with Gasteiger partial charge in [0.05, 0.1) is 17.0 Å². The van der Waals surface area contributed by atoms with Crippen molar-refractivity contribution in [1.29, 1.82) is 0 Å². The Morgan fingerprint density at radius 1 is 1.37 bits per heavy atom. The first-order valence-corrected chi connectivity index (χ1v) is 6.91. The normalized spacial score (nSPS) is 11.1. The topological polar surface area (TPSA) is 76.5 Å². The van der Waals surface area contributed by atoms with Gasteiger partial charge in [0.15, 0.2) is 0 Å². The van der Waals surface area contributed by atoms with E-state index in [1.807, 2.05) is 20.8 Å². The van der Waals surface area contributed by atoms with Crippen LogP contribution in [0, 0.1) is 0 Å². The van der Waals surface area contributed by atoms with E-state index in [9.17, 15) is 9.59 Å². The van der Waals surface area contributed by atoms with Crippen LogP contribution < -0.4 is 0 Å². The van der Waals surface area contributed by atoms with Crippen LogP contribution in [0.25, 0.3) is 0 Å². The van der Waals surface area contributed by atoms with Gasteiger partial charge in [0, 0.05) is 11.9 Å². The van der Waals surface area contributed by atoms with Crippen molar-refractivity contribution in [3.8, 4) is 0 Å². The lowest BCUT2D eigenvalue weighted by Gasteiger charge is -2.19. The number of aromatic nitrogens is 1. The maximum Gasteiger partial charge on any atom is 0.337 e. The van der Waals surface area contributed by atoms with Crippen LogP contribution in [-0.4, -0.2) is 33.4 Å². The predicted molar refractivity (Wildman–Crippen MR) is 73.2 cm³/mol. The Kier molecular flexibility index (Phi) is 5.35. The second kappa shape index (κ2) is 6.56. The van der Waals surface area contributed by atoms with Gasteiger partial charge in [-0.2, -0.15) is 0 Å². The van der Waals surface area contributed by atoms with Gasteiger partial charge in [-0.15, -0.1) is 11.8 Å². The Morgan fingerprint density at radius 3 is 2.53 bits per heavy atom. The minimum absolute atomic E-state index is 0.154. The first-order valence-electron chi connectivity index (χ1n) is 5.76. The molecule has 0 aromatic carbocycles. The zero-order valence-electron chi connectivity index (χ0n) is 11.2. The van der Waals surface area contributed by atoms with Crippen molar-refractivity contribution in [2.24, 2.45) is 0 Å². The zero-order valence-corrected chi connectivity index (χ0v) is 12.0. The molecule has 0 aliphatic carbocycles. The third-order valence-corrected chi connectivity index (χ3v) is 2.90. The zero-order chi connectivity index (χ0) is 14.5. The van der Waals surface area contributed by atoms with E-state index in [-0.39, 0.29) is 17.3 Å². The first-order chi connectivity index (χ1) is 8.78. The quantitative estimate of drug-likeness (QED) is 0.836. The highest BCUT2D eigenvalue weighted by Crippen LogP contribution is 2.13. The van der Waals surface area contributed by atoms with E-state index in [1.165, 1.54) is 24.0 Å². The average Bonchev–Trinajstić information content (AvgIpc) is 2.27. The molecule has 0 saturated carbocycles. The summed E-state index contributed by atoms with van der Waals surface area (Å²) in [6, 6.07) is 3.14. The number of carboxylic acids is 1. The number of rotatable bonds is 5. The van der Waals surface area contributed by atoms with Gasteiger partial charge in [-0.25, -0.2) is 4.79 Å². The smallest absolute Gasteiger partial charge is 0.337 e. The molecule has 104 valence electrons. The molecule has 0 spiro atoms. The maximum atomic E-state index is 11.5. The number of nitrogens with zero attached hydrogens (tertiary/aromatic N) is 1. The molecule has 1 aromatic rings. The Morgan fingerprint density at radius 2 is 2.05 bits per heavy atom. The number of carbonyl (C=O) groups excluding carboxylic acids is 1. The molecule has 19 heavy (non-hydrogen) atoms. The number of hydrogen-bond acceptors (Lipinski definition) is 5. The second-order valence-electron chi connectivity index (χ2n) is 4.92. The molecule has 0 saturated heterocycles. The van der Waals surface area contributed by atoms with Crippen molar-refractivity contribution >= 4 is 23.7 Å². The van der Waals surface area contributed by atoms with Crippen LogP contribution in [0.2, 0.25) is 0 Å². The first kappa shape index (κ1) is 15.5. The molecule has 1 rings (SSSR count). The highest BCUT2D eigenvalue weighted by molar-refractivity contribution is 7.99. The summed E-state index contributed by atoms with van der Waals surface area (Å²) in [6.07, 6.45) is 1.31. The van der Waals surface area contributed by atoms with Crippen LogP contribution in [-0.2, 0) is 15.3 Å². The van der Waals surface area contributed by atoms with Crippen molar-refractivity contribution in [1.82, 2.24) is 4.98 Å². The summed E-state index contributed by atoms with van der Waals surface area (Å²) >= 11 is 1.38. The molecular formula is C13H17NO4S. The number of thioether (sulfide) groups is 1. The number of hydrogen-bond donors (Lipinski definition) is 1. The van der Waals surface area contributed by atoms with Crippen molar-refractivity contribution in [3.63, 3.8) is 0 Å². The SMILES string of the molecule is CC(C)(C)OC(=O)CSCc1ccc(C(=O)O)cn1. The molecule has 1 N–H and O–H groups in total. The third kappa shape index (κ3) is 6.24. The lowest BCUT2D eigenvalue weighted by atomic mass is 10.2. The number of esters is 1. The summed E-state index contributed by atoms with van der Waals surface area (Å²) in [5.74, 6) is -0.473. The monoisotopic (exact) mass is 283 g/mol. The third-order valence-electron chi connectivity index (χ3n) is 1.96. The lowest BCUT2D eigenvalue weighted by Crippen LogP contribution is -2.24. The highest BCUT2D eigenvalue weighted by Gasteiger charge is 2.15. The second-order valence-corrected chi connectivity index (χ2v) is 5.91. The van der Waals surface area contributed by atoms with Gasteiger partial charge in [-0.1, -0.05) is 0 Å². The fourth-order valence-corrected chi connectivity index (χ4v) is 1.95. The van der Waals surface area contributed by atoms with Gasteiger partial charge in [0.25, 0.3) is 0 Å². The fourth-order valence-electron chi connectivity index (χ4n) is 1.25. The van der Waals surface area contributed by atoms with Crippen LogP contribution in [0.5, 0.6) is 0 Å². The van der Waals surface area contributed by atoms with Crippen molar-refractivity contribution in [2.45, 2.75) is 32.1 Å². The summed E-state index contributed by atoms with van der Waals surface area (Å²) in [5.41, 5.74) is 0.415. The van der Waals surface area contributed by atoms with Crippen LogP contribution in [0.15, 0.2) is 18.3 Å². The molecule has 1 heterocycles. The van der Waals surface area contributed by atoms with Gasteiger partial charge in [0.2, 0.25) is 0 Å². The molecule has 5 nitrogen and oxygen atoms in total. The number of ether oxygens (including phenoxy) is 1. The van der Waals surface area contributed by atoms with E-state index >= 15 is 0 Å². The van der Waals surface area contributed by atoms with E-state index < -0.39 is 11.6 Å². The van der Waals surface area contributed by atoms with Crippen LogP contribution in [0.3, 0.4) is 0 Å². The molecule has 0 unspecified atom stereocenters. The van der Waals surface area contributed by atoms with Gasteiger partial charge in [0.1, 0.15) is 5.60 Å². The molecular weight excluding hydrogens is 266 g/mol. The lowest BCUT2D eigenvalue weighted by molar-refractivity contribution is -0.151. The summed E-state index contributed by atoms with van der Waals surface area (Å²) in [5, 5.41) is 8.73. The molecule has 0 bridgehead atoms. The fraction of sp³-hybridized carbons (Fsp3) is 0.462. The molecule has 0 amide bonds. The van der Waals surface area contributed by atoms with Gasteiger partial charge >= 0.3 is 11.9 Å². The number of aromatic carboxylic acids is 1. The van der Waals surface area contributed by atoms with E-state index in [4.69, 9.17) is 9.84 Å².